The Morgan fingerprint density at radius 2 is 1.97 bits per heavy atom. The summed E-state index contributed by atoms with van der Waals surface area (Å²) in [5, 5.41) is 11.4. The van der Waals surface area contributed by atoms with Crippen molar-refractivity contribution in [2.24, 2.45) is 0 Å². The van der Waals surface area contributed by atoms with Crippen molar-refractivity contribution in [2.45, 2.75) is 44.4 Å². The minimum Gasteiger partial charge on any atom is -0.507 e. The summed E-state index contributed by atoms with van der Waals surface area (Å²) in [6.07, 6.45) is 2.27. The van der Waals surface area contributed by atoms with E-state index in [4.69, 9.17) is 18.9 Å². The smallest absolute Gasteiger partial charge is 0.295 e. The van der Waals surface area contributed by atoms with Crippen LogP contribution in [0.3, 0.4) is 0 Å². The highest BCUT2D eigenvalue weighted by atomic mass is 16.5. The van der Waals surface area contributed by atoms with Gasteiger partial charge >= 0.3 is 0 Å². The van der Waals surface area contributed by atoms with E-state index in [2.05, 4.69) is 0 Å². The molecule has 0 aliphatic carbocycles. The van der Waals surface area contributed by atoms with Crippen LogP contribution in [0.1, 0.15) is 42.5 Å². The van der Waals surface area contributed by atoms with E-state index in [1.54, 1.807) is 37.4 Å². The van der Waals surface area contributed by atoms with E-state index in [1.807, 2.05) is 13.0 Å². The summed E-state index contributed by atoms with van der Waals surface area (Å²) < 4.78 is 22.6. The molecule has 8 heteroatoms. The molecule has 0 aromatic heterocycles. The molecule has 2 aromatic carbocycles. The highest BCUT2D eigenvalue weighted by Gasteiger charge is 2.48. The fourth-order valence-corrected chi connectivity index (χ4v) is 5.18. The number of benzene rings is 2. The molecule has 184 valence electrons. The lowest BCUT2D eigenvalue weighted by atomic mass is 9.93. The highest BCUT2D eigenvalue weighted by molar-refractivity contribution is 6.46. The number of ketones is 1. The molecule has 35 heavy (non-hydrogen) atoms. The predicted octanol–water partition coefficient (Wildman–Crippen LogP) is 3.63. The molecule has 3 atom stereocenters. The first-order valence-electron chi connectivity index (χ1n) is 11.8. The predicted molar refractivity (Wildman–Crippen MR) is 128 cm³/mol. The lowest BCUT2D eigenvalue weighted by Crippen LogP contribution is -2.36. The molecule has 3 aliphatic rings. The van der Waals surface area contributed by atoms with Gasteiger partial charge in [-0.15, -0.1) is 0 Å². The highest BCUT2D eigenvalue weighted by Crippen LogP contribution is 2.45. The standard InChI is InChI=1S/C27H29NO7/c1-15-11-17-12-16(6-8-21(17)35-15)25(29)23-24(20-13-18(32-2)7-9-22(20)33-3)28(27(31)26(23)30)14-19-5-4-10-34-19/h6-9,12-13,15,19,24,29H,4-5,10-11,14H2,1-3H3. The van der Waals surface area contributed by atoms with Crippen molar-refractivity contribution in [3.63, 3.8) is 0 Å². The average Bonchev–Trinajstić information content (AvgIpc) is 3.57. The van der Waals surface area contributed by atoms with Gasteiger partial charge in [-0.05, 0) is 61.7 Å². The fourth-order valence-electron chi connectivity index (χ4n) is 5.18. The number of aliphatic hydroxyl groups is 1. The number of nitrogens with zero attached hydrogens (tertiary/aromatic N) is 1. The molecule has 0 radical (unpaired) electrons. The molecular formula is C27H29NO7. The molecule has 2 saturated heterocycles. The Kier molecular flexibility index (Phi) is 6.15. The van der Waals surface area contributed by atoms with Crippen molar-refractivity contribution in [2.75, 3.05) is 27.4 Å². The van der Waals surface area contributed by atoms with Gasteiger partial charge in [0, 0.05) is 30.7 Å². The van der Waals surface area contributed by atoms with Crippen LogP contribution in [0.4, 0.5) is 0 Å². The monoisotopic (exact) mass is 479 g/mol. The van der Waals surface area contributed by atoms with Crippen LogP contribution in [-0.4, -0.2) is 61.3 Å². The summed E-state index contributed by atoms with van der Waals surface area (Å²) in [6, 6.07) is 9.68. The molecule has 5 rings (SSSR count). The van der Waals surface area contributed by atoms with E-state index in [-0.39, 0.29) is 30.1 Å². The summed E-state index contributed by atoms with van der Waals surface area (Å²) in [5.41, 5.74) is 1.99. The molecule has 3 heterocycles. The lowest BCUT2D eigenvalue weighted by Gasteiger charge is -2.28. The zero-order chi connectivity index (χ0) is 24.7. The van der Waals surface area contributed by atoms with E-state index in [0.29, 0.717) is 35.7 Å². The van der Waals surface area contributed by atoms with E-state index in [1.165, 1.54) is 12.0 Å². The molecule has 3 unspecified atom stereocenters. The Bertz CT molecular complexity index is 1200. The van der Waals surface area contributed by atoms with Crippen LogP contribution in [-0.2, 0) is 20.7 Å². The third-order valence-electron chi connectivity index (χ3n) is 6.87. The molecule has 3 aliphatic heterocycles. The number of aliphatic hydroxyl groups excluding tert-OH is 1. The number of fused-ring (bicyclic) bond motifs is 1. The van der Waals surface area contributed by atoms with Crippen molar-refractivity contribution in [1.82, 2.24) is 4.90 Å². The molecule has 1 N–H and O–H groups in total. The molecule has 0 saturated carbocycles. The average molecular weight is 480 g/mol. The fraction of sp³-hybridized carbons (Fsp3) is 0.407. The van der Waals surface area contributed by atoms with Crippen molar-refractivity contribution in [1.29, 1.82) is 0 Å². The Hall–Kier alpha value is -3.52. The van der Waals surface area contributed by atoms with E-state index in [0.717, 1.165) is 24.2 Å². The van der Waals surface area contributed by atoms with E-state index >= 15 is 0 Å². The molecule has 0 bridgehead atoms. The number of methoxy groups -OCH3 is 2. The van der Waals surface area contributed by atoms with Crippen LogP contribution in [0, 0.1) is 0 Å². The van der Waals surface area contributed by atoms with Crippen LogP contribution < -0.4 is 14.2 Å². The second-order valence-electron chi connectivity index (χ2n) is 9.15. The summed E-state index contributed by atoms with van der Waals surface area (Å²) in [4.78, 5) is 28.2. The Morgan fingerprint density at radius 1 is 1.14 bits per heavy atom. The van der Waals surface area contributed by atoms with Gasteiger partial charge in [-0.1, -0.05) is 0 Å². The van der Waals surface area contributed by atoms with E-state index < -0.39 is 17.7 Å². The third kappa shape index (κ3) is 4.12. The van der Waals surface area contributed by atoms with Gasteiger partial charge < -0.3 is 29.0 Å². The van der Waals surface area contributed by atoms with Crippen LogP contribution in [0.15, 0.2) is 42.0 Å². The summed E-state index contributed by atoms with van der Waals surface area (Å²) in [5.74, 6) is 0.161. The van der Waals surface area contributed by atoms with Gasteiger partial charge in [0.25, 0.3) is 11.7 Å². The first-order valence-corrected chi connectivity index (χ1v) is 11.8. The SMILES string of the molecule is COc1ccc(OC)c(C2C(=C(O)c3ccc4c(c3)CC(C)O4)C(=O)C(=O)N2CC2CCCO2)c1. The van der Waals surface area contributed by atoms with Crippen LogP contribution in [0.5, 0.6) is 17.2 Å². The molecule has 0 spiro atoms. The molecule has 8 nitrogen and oxygen atoms in total. The maximum Gasteiger partial charge on any atom is 0.295 e. The number of carbonyl (C=O) groups is 2. The summed E-state index contributed by atoms with van der Waals surface area (Å²) in [7, 11) is 3.07. The molecular weight excluding hydrogens is 450 g/mol. The van der Waals surface area contributed by atoms with Gasteiger partial charge in [0.05, 0.1) is 31.9 Å². The van der Waals surface area contributed by atoms with Gasteiger partial charge in [-0.25, -0.2) is 0 Å². The molecule has 1 amide bonds. The first-order chi connectivity index (χ1) is 16.9. The number of likely N-dealkylation sites (tertiary alicyclic amines) is 1. The van der Waals surface area contributed by atoms with Crippen molar-refractivity contribution in [3.05, 3.63) is 58.7 Å². The number of Topliss-reactive ketones (excluding diaryl/α,β-unsaturated/α-hetero) is 1. The van der Waals surface area contributed by atoms with Crippen LogP contribution in [0.25, 0.3) is 5.76 Å². The number of carbonyl (C=O) groups excluding carboxylic acids is 2. The minimum atomic E-state index is -0.854. The number of ether oxygens (including phenoxy) is 4. The minimum absolute atomic E-state index is 0.0199. The molecule has 2 aromatic rings. The van der Waals surface area contributed by atoms with Gasteiger partial charge in [0.1, 0.15) is 29.1 Å². The third-order valence-corrected chi connectivity index (χ3v) is 6.87. The van der Waals surface area contributed by atoms with E-state index in [9.17, 15) is 14.7 Å². The van der Waals surface area contributed by atoms with Crippen LogP contribution >= 0.6 is 0 Å². The van der Waals surface area contributed by atoms with Gasteiger partial charge in [0.2, 0.25) is 0 Å². The normalized spacial score (nSPS) is 25.0. The van der Waals surface area contributed by atoms with Crippen molar-refractivity contribution >= 4 is 17.4 Å². The first kappa shape index (κ1) is 23.2. The Morgan fingerprint density at radius 3 is 2.69 bits per heavy atom. The maximum atomic E-state index is 13.4. The number of hydrogen-bond acceptors (Lipinski definition) is 7. The zero-order valence-corrected chi connectivity index (χ0v) is 20.1. The van der Waals surface area contributed by atoms with Gasteiger partial charge in [0.15, 0.2) is 0 Å². The Balaban J connectivity index is 1.66. The largest absolute Gasteiger partial charge is 0.507 e. The second-order valence-corrected chi connectivity index (χ2v) is 9.15. The topological polar surface area (TPSA) is 94.5 Å². The van der Waals surface area contributed by atoms with Gasteiger partial charge in [-0.2, -0.15) is 0 Å². The summed E-state index contributed by atoms with van der Waals surface area (Å²) in [6.45, 7) is 2.84. The number of hydrogen-bond donors (Lipinski definition) is 1. The molecule has 2 fully saturated rings. The number of amides is 1. The summed E-state index contributed by atoms with van der Waals surface area (Å²) >= 11 is 0. The van der Waals surface area contributed by atoms with Gasteiger partial charge in [-0.3, -0.25) is 9.59 Å². The quantitative estimate of drug-likeness (QED) is 0.384. The lowest BCUT2D eigenvalue weighted by molar-refractivity contribution is -0.140. The second kappa shape index (κ2) is 9.26. The number of rotatable bonds is 6. The Labute approximate surface area is 204 Å². The van der Waals surface area contributed by atoms with Crippen molar-refractivity contribution in [3.8, 4) is 17.2 Å². The van der Waals surface area contributed by atoms with Crippen LogP contribution in [0.2, 0.25) is 0 Å². The zero-order valence-electron chi connectivity index (χ0n) is 20.1. The maximum absolute atomic E-state index is 13.4. The van der Waals surface area contributed by atoms with Crippen molar-refractivity contribution < 1.29 is 33.6 Å².